The predicted octanol–water partition coefficient (Wildman–Crippen LogP) is 4.90. The van der Waals surface area contributed by atoms with Crippen LogP contribution in [0.15, 0.2) is 66.7 Å². The fourth-order valence-electron chi connectivity index (χ4n) is 3.32. The number of amides is 1. The largest absolute Gasteiger partial charge is 0.346 e. The number of nitrogens with zero attached hydrogens (tertiary/aromatic N) is 1. The molecule has 3 aromatic rings. The van der Waals surface area contributed by atoms with E-state index < -0.39 is 10.0 Å². The van der Waals surface area contributed by atoms with Gasteiger partial charge < -0.3 is 5.32 Å². The molecule has 0 aliphatic carbocycles. The first-order valence-electron chi connectivity index (χ1n) is 10.2. The van der Waals surface area contributed by atoms with E-state index >= 15 is 0 Å². The van der Waals surface area contributed by atoms with E-state index in [2.05, 4.69) is 5.32 Å². The molecule has 0 saturated heterocycles. The zero-order valence-corrected chi connectivity index (χ0v) is 19.4. The van der Waals surface area contributed by atoms with Crippen molar-refractivity contribution in [2.75, 3.05) is 10.6 Å². The van der Waals surface area contributed by atoms with E-state index in [1.165, 1.54) is 22.7 Å². The summed E-state index contributed by atoms with van der Waals surface area (Å²) < 4.78 is 39.3. The van der Waals surface area contributed by atoms with Crippen LogP contribution in [0.25, 0.3) is 0 Å². The lowest BCUT2D eigenvalue weighted by Gasteiger charge is -2.23. The fraction of sp³-hybridized carbons (Fsp3) is 0.240. The maximum Gasteiger partial charge on any atom is 0.251 e. The van der Waals surface area contributed by atoms with Gasteiger partial charge in [-0.25, -0.2) is 12.8 Å². The topological polar surface area (TPSA) is 66.5 Å². The number of aryl methyl sites for hydroxylation is 2. The maximum atomic E-state index is 13.1. The molecular weight excluding hydrogens is 427 g/mol. The first-order chi connectivity index (χ1) is 15.0. The molecule has 0 aliphatic heterocycles. The van der Waals surface area contributed by atoms with E-state index in [4.69, 9.17) is 0 Å². The van der Waals surface area contributed by atoms with Crippen LogP contribution in [0, 0.1) is 19.7 Å². The zero-order chi connectivity index (χ0) is 23.5. The molecule has 3 aromatic carbocycles. The van der Waals surface area contributed by atoms with Gasteiger partial charge in [-0.3, -0.25) is 9.10 Å². The minimum Gasteiger partial charge on any atom is -0.346 e. The Labute approximate surface area is 188 Å². The highest BCUT2D eigenvalue weighted by atomic mass is 32.2. The normalized spacial score (nSPS) is 12.3. The second kappa shape index (κ2) is 9.53. The molecule has 1 N–H and O–H groups in total. The van der Waals surface area contributed by atoms with Gasteiger partial charge in [0.1, 0.15) is 5.82 Å². The van der Waals surface area contributed by atoms with E-state index in [1.54, 1.807) is 42.5 Å². The average Bonchev–Trinajstić information content (AvgIpc) is 2.74. The second-order valence-corrected chi connectivity index (χ2v) is 9.89. The summed E-state index contributed by atoms with van der Waals surface area (Å²) in [6.45, 7) is 5.91. The van der Waals surface area contributed by atoms with Crippen molar-refractivity contribution in [1.82, 2.24) is 5.32 Å². The molecule has 0 unspecified atom stereocenters. The summed E-state index contributed by atoms with van der Waals surface area (Å²) in [7, 11) is -3.49. The third kappa shape index (κ3) is 5.73. The standard InChI is InChI=1S/C25H27FN2O3S/c1-17-5-14-24(15-18(17)2)28(32(4,30)31)16-20-6-8-22(9-7-20)25(29)27-19(3)21-10-12-23(26)13-11-21/h5-15,19H,16H2,1-4H3,(H,27,29)/t19-/m0/s1. The summed E-state index contributed by atoms with van der Waals surface area (Å²) in [5.41, 5.74) is 4.72. The number of rotatable bonds is 7. The van der Waals surface area contributed by atoms with Gasteiger partial charge in [0, 0.05) is 5.56 Å². The van der Waals surface area contributed by atoms with Gasteiger partial charge in [-0.1, -0.05) is 30.3 Å². The number of sulfonamides is 1. The molecule has 0 fully saturated rings. The minimum absolute atomic E-state index is 0.162. The highest BCUT2D eigenvalue weighted by Crippen LogP contribution is 2.24. The van der Waals surface area contributed by atoms with Gasteiger partial charge >= 0.3 is 0 Å². The molecule has 5 nitrogen and oxygen atoms in total. The number of hydrogen-bond donors (Lipinski definition) is 1. The quantitative estimate of drug-likeness (QED) is 0.552. The van der Waals surface area contributed by atoms with Crippen LogP contribution in [0.5, 0.6) is 0 Å². The third-order valence-electron chi connectivity index (χ3n) is 5.44. The van der Waals surface area contributed by atoms with Gasteiger partial charge in [0.2, 0.25) is 10.0 Å². The van der Waals surface area contributed by atoms with Crippen molar-refractivity contribution in [2.24, 2.45) is 0 Å². The van der Waals surface area contributed by atoms with Crippen LogP contribution < -0.4 is 9.62 Å². The molecule has 7 heteroatoms. The number of carbonyl (C=O) groups is 1. The lowest BCUT2D eigenvalue weighted by Crippen LogP contribution is -2.29. The molecule has 1 atom stereocenters. The van der Waals surface area contributed by atoms with Gasteiger partial charge in [0.15, 0.2) is 0 Å². The van der Waals surface area contributed by atoms with Gasteiger partial charge in [0.25, 0.3) is 5.91 Å². The number of carbonyl (C=O) groups excluding carboxylic acids is 1. The molecule has 0 spiro atoms. The fourth-order valence-corrected chi connectivity index (χ4v) is 4.20. The lowest BCUT2D eigenvalue weighted by molar-refractivity contribution is 0.0940. The van der Waals surface area contributed by atoms with E-state index in [9.17, 15) is 17.6 Å². The van der Waals surface area contributed by atoms with Crippen LogP contribution in [0.1, 0.15) is 45.6 Å². The van der Waals surface area contributed by atoms with Crippen LogP contribution in [-0.2, 0) is 16.6 Å². The Bertz CT molecular complexity index is 1210. The Morgan fingerprint density at radius 2 is 1.59 bits per heavy atom. The lowest BCUT2D eigenvalue weighted by atomic mass is 10.1. The van der Waals surface area contributed by atoms with Crippen LogP contribution in [0.4, 0.5) is 10.1 Å². The maximum absolute atomic E-state index is 13.1. The first-order valence-corrected chi connectivity index (χ1v) is 12.1. The van der Waals surface area contributed by atoms with E-state index in [1.807, 2.05) is 32.9 Å². The molecule has 0 heterocycles. The van der Waals surface area contributed by atoms with E-state index in [-0.39, 0.29) is 24.3 Å². The van der Waals surface area contributed by atoms with E-state index in [0.717, 1.165) is 22.3 Å². The van der Waals surface area contributed by atoms with Crippen molar-refractivity contribution >= 4 is 21.6 Å². The van der Waals surface area contributed by atoms with Gasteiger partial charge in [-0.05, 0) is 79.4 Å². The summed E-state index contributed by atoms with van der Waals surface area (Å²) >= 11 is 0. The molecular formula is C25H27FN2O3S. The summed E-state index contributed by atoms with van der Waals surface area (Å²) in [4.78, 5) is 12.6. The minimum atomic E-state index is -3.49. The number of benzene rings is 3. The Balaban J connectivity index is 1.74. The average molecular weight is 455 g/mol. The Morgan fingerprint density at radius 3 is 2.16 bits per heavy atom. The van der Waals surface area contributed by atoms with Gasteiger partial charge in [-0.15, -0.1) is 0 Å². The van der Waals surface area contributed by atoms with Crippen LogP contribution in [0.3, 0.4) is 0 Å². The molecule has 0 saturated carbocycles. The van der Waals surface area contributed by atoms with Crippen LogP contribution >= 0.6 is 0 Å². The SMILES string of the molecule is Cc1ccc(N(Cc2ccc(C(=O)N[C@@H](C)c3ccc(F)cc3)cc2)S(C)(=O)=O)cc1C. The van der Waals surface area contributed by atoms with Crippen molar-refractivity contribution in [3.05, 3.63) is 100 Å². The number of anilines is 1. The summed E-state index contributed by atoms with van der Waals surface area (Å²) in [6.07, 6.45) is 1.18. The summed E-state index contributed by atoms with van der Waals surface area (Å²) in [5, 5.41) is 2.89. The highest BCUT2D eigenvalue weighted by Gasteiger charge is 2.19. The van der Waals surface area contributed by atoms with Crippen molar-refractivity contribution < 1.29 is 17.6 Å². The molecule has 1 amide bonds. The molecule has 3 rings (SSSR count). The third-order valence-corrected chi connectivity index (χ3v) is 6.58. The van der Waals surface area contributed by atoms with Gasteiger partial charge in [-0.2, -0.15) is 0 Å². The monoisotopic (exact) mass is 454 g/mol. The molecule has 0 aliphatic rings. The smallest absolute Gasteiger partial charge is 0.251 e. The Morgan fingerprint density at radius 1 is 0.969 bits per heavy atom. The molecule has 0 aromatic heterocycles. The van der Waals surface area contributed by atoms with E-state index in [0.29, 0.717) is 11.3 Å². The highest BCUT2D eigenvalue weighted by molar-refractivity contribution is 7.92. The number of hydrogen-bond acceptors (Lipinski definition) is 3. The van der Waals surface area contributed by atoms with Crippen LogP contribution in [0.2, 0.25) is 0 Å². The molecule has 0 bridgehead atoms. The van der Waals surface area contributed by atoms with Crippen molar-refractivity contribution in [1.29, 1.82) is 0 Å². The number of nitrogens with one attached hydrogen (secondary N) is 1. The van der Waals surface area contributed by atoms with Crippen molar-refractivity contribution in [2.45, 2.75) is 33.4 Å². The second-order valence-electron chi connectivity index (χ2n) is 7.98. The zero-order valence-electron chi connectivity index (χ0n) is 18.6. The van der Waals surface area contributed by atoms with Crippen LogP contribution in [-0.4, -0.2) is 20.6 Å². The van der Waals surface area contributed by atoms with Crippen molar-refractivity contribution in [3.8, 4) is 0 Å². The molecule has 32 heavy (non-hydrogen) atoms. The Hall–Kier alpha value is -3.19. The van der Waals surface area contributed by atoms with Crippen molar-refractivity contribution in [3.63, 3.8) is 0 Å². The molecule has 168 valence electrons. The first kappa shape index (κ1) is 23.5. The predicted molar refractivity (Wildman–Crippen MR) is 126 cm³/mol. The summed E-state index contributed by atoms with van der Waals surface area (Å²) in [6, 6.07) is 18.1. The molecule has 0 radical (unpaired) electrons. The summed E-state index contributed by atoms with van der Waals surface area (Å²) in [5.74, 6) is -0.589. The Kier molecular flexibility index (Phi) is 6.99. The number of halogens is 1. The van der Waals surface area contributed by atoms with Gasteiger partial charge in [0.05, 0.1) is 24.5 Å².